The van der Waals surface area contributed by atoms with E-state index in [1.807, 2.05) is 0 Å². The van der Waals surface area contributed by atoms with Gasteiger partial charge in [0.15, 0.2) is 0 Å². The Morgan fingerprint density at radius 1 is 0.783 bits per heavy atom. The lowest BCUT2D eigenvalue weighted by Crippen LogP contribution is -2.37. The fourth-order valence-electron chi connectivity index (χ4n) is 3.56. The molecule has 2 aromatic carbocycles. The second-order valence-electron chi connectivity index (χ2n) is 6.55. The van der Waals surface area contributed by atoms with Gasteiger partial charge in [0.2, 0.25) is 0 Å². The van der Waals surface area contributed by atoms with Crippen molar-refractivity contribution >= 4 is 0 Å². The number of hydrogen-bond acceptors (Lipinski definition) is 1. The summed E-state index contributed by atoms with van der Waals surface area (Å²) in [5, 5.41) is 0. The Kier molecular flexibility index (Phi) is 5.51. The Balaban J connectivity index is 1.72. The Morgan fingerprint density at radius 3 is 1.70 bits per heavy atom. The summed E-state index contributed by atoms with van der Waals surface area (Å²) in [6, 6.07) is 22.2. The van der Waals surface area contributed by atoms with Crippen LogP contribution in [-0.4, -0.2) is 10.9 Å². The summed E-state index contributed by atoms with van der Waals surface area (Å²) in [5.41, 5.74) is 2.78. The lowest BCUT2D eigenvalue weighted by molar-refractivity contribution is 0.131. The Bertz CT molecular complexity index is 577. The van der Waals surface area contributed by atoms with Gasteiger partial charge in [-0.25, -0.2) is 0 Å². The van der Waals surface area contributed by atoms with Gasteiger partial charge in [-0.2, -0.15) is 0 Å². The van der Waals surface area contributed by atoms with Gasteiger partial charge < -0.3 is 0 Å². The molecule has 0 aromatic heterocycles. The summed E-state index contributed by atoms with van der Waals surface area (Å²) < 4.78 is 0. The molecule has 1 aliphatic carbocycles. The largest absolute Gasteiger partial charge is 0.292 e. The fraction of sp³-hybridized carbons (Fsp3) is 0.364. The molecule has 0 radical (unpaired) electrons. The summed E-state index contributed by atoms with van der Waals surface area (Å²) in [6.45, 7) is 2.03. The molecule has 0 aliphatic heterocycles. The van der Waals surface area contributed by atoms with Crippen LogP contribution in [0.15, 0.2) is 60.7 Å². The van der Waals surface area contributed by atoms with Crippen molar-refractivity contribution < 1.29 is 0 Å². The smallest absolute Gasteiger partial charge is 0.0240 e. The highest BCUT2D eigenvalue weighted by molar-refractivity contribution is 5.17. The highest BCUT2D eigenvalue weighted by atomic mass is 15.2. The molecule has 1 nitrogen and oxygen atoms in total. The minimum Gasteiger partial charge on any atom is -0.292 e. The molecule has 0 amide bonds. The second kappa shape index (κ2) is 7.99. The third kappa shape index (κ3) is 4.47. The number of hydrogen-bond donors (Lipinski definition) is 0. The van der Waals surface area contributed by atoms with E-state index in [1.54, 1.807) is 0 Å². The third-order valence-corrected chi connectivity index (χ3v) is 4.91. The van der Waals surface area contributed by atoms with Crippen LogP contribution >= 0.6 is 0 Å². The summed E-state index contributed by atoms with van der Waals surface area (Å²) in [7, 11) is 0. The zero-order valence-corrected chi connectivity index (χ0v) is 13.7. The molecule has 118 valence electrons. The maximum absolute atomic E-state index is 5.61. The Labute approximate surface area is 140 Å². The lowest BCUT2D eigenvalue weighted by Gasteiger charge is -2.36. The van der Waals surface area contributed by atoms with Crippen LogP contribution in [0.3, 0.4) is 0 Å². The molecule has 0 bridgehead atoms. The van der Waals surface area contributed by atoms with Crippen LogP contribution in [0.1, 0.15) is 36.8 Å². The molecule has 1 heteroatoms. The van der Waals surface area contributed by atoms with Crippen LogP contribution < -0.4 is 0 Å². The highest BCUT2D eigenvalue weighted by Crippen LogP contribution is 2.29. The van der Waals surface area contributed by atoms with E-state index in [4.69, 9.17) is 6.42 Å². The predicted octanol–water partition coefficient (Wildman–Crippen LogP) is 4.88. The van der Waals surface area contributed by atoms with Crippen LogP contribution in [0.5, 0.6) is 0 Å². The molecule has 0 heterocycles. The third-order valence-electron chi connectivity index (χ3n) is 4.91. The molecule has 1 aliphatic rings. The van der Waals surface area contributed by atoms with Crippen molar-refractivity contribution in [2.75, 3.05) is 0 Å². The van der Waals surface area contributed by atoms with E-state index < -0.39 is 0 Å². The number of terminal acetylenes is 1. The van der Waals surface area contributed by atoms with Gasteiger partial charge in [0, 0.05) is 25.0 Å². The van der Waals surface area contributed by atoms with E-state index >= 15 is 0 Å². The first-order valence-electron chi connectivity index (χ1n) is 8.63. The van der Waals surface area contributed by atoms with Crippen molar-refractivity contribution in [2.24, 2.45) is 5.92 Å². The molecule has 1 fully saturated rings. The number of rotatable bonds is 5. The van der Waals surface area contributed by atoms with E-state index in [1.165, 1.54) is 36.8 Å². The van der Waals surface area contributed by atoms with Crippen LogP contribution in [0.2, 0.25) is 0 Å². The minimum absolute atomic E-state index is 0.488. The standard InChI is InChI=1S/C22H25N/c1-2-19-13-15-22(16-14-19)23(17-20-9-5-3-6-10-20)18-21-11-7-4-8-12-21/h1,3-12,19,22H,13-18H2. The molecule has 0 atom stereocenters. The zero-order valence-electron chi connectivity index (χ0n) is 13.7. The van der Waals surface area contributed by atoms with Crippen LogP contribution in [0, 0.1) is 18.3 Å². The van der Waals surface area contributed by atoms with Gasteiger partial charge in [-0.1, -0.05) is 60.7 Å². The molecule has 1 saturated carbocycles. The van der Waals surface area contributed by atoms with Gasteiger partial charge in [0.25, 0.3) is 0 Å². The second-order valence-corrected chi connectivity index (χ2v) is 6.55. The van der Waals surface area contributed by atoms with Crippen LogP contribution in [0.4, 0.5) is 0 Å². The molecular weight excluding hydrogens is 278 g/mol. The van der Waals surface area contributed by atoms with Gasteiger partial charge in [0.1, 0.15) is 0 Å². The maximum Gasteiger partial charge on any atom is 0.0240 e. The van der Waals surface area contributed by atoms with Crippen molar-refractivity contribution in [3.8, 4) is 12.3 Å². The van der Waals surface area contributed by atoms with Crippen molar-refractivity contribution in [1.29, 1.82) is 0 Å². The molecule has 0 unspecified atom stereocenters. The fourth-order valence-corrected chi connectivity index (χ4v) is 3.56. The number of nitrogens with zero attached hydrogens (tertiary/aromatic N) is 1. The maximum atomic E-state index is 5.61. The quantitative estimate of drug-likeness (QED) is 0.712. The normalized spacial score (nSPS) is 21.0. The topological polar surface area (TPSA) is 3.24 Å². The van der Waals surface area contributed by atoms with E-state index in [9.17, 15) is 0 Å². The van der Waals surface area contributed by atoms with E-state index in [2.05, 4.69) is 71.5 Å². The van der Waals surface area contributed by atoms with E-state index in [0.717, 1.165) is 13.1 Å². The number of benzene rings is 2. The average molecular weight is 303 g/mol. The molecule has 23 heavy (non-hydrogen) atoms. The van der Waals surface area contributed by atoms with Crippen molar-refractivity contribution in [2.45, 2.75) is 44.8 Å². The summed E-state index contributed by atoms with van der Waals surface area (Å²) in [5.74, 6) is 3.43. The SMILES string of the molecule is C#CC1CCC(N(Cc2ccccc2)Cc2ccccc2)CC1. The first-order chi connectivity index (χ1) is 11.3. The van der Waals surface area contributed by atoms with Gasteiger partial charge in [-0.05, 0) is 36.8 Å². The predicted molar refractivity (Wildman–Crippen MR) is 96.7 cm³/mol. The first kappa shape index (κ1) is 15.8. The van der Waals surface area contributed by atoms with Gasteiger partial charge in [-0.3, -0.25) is 4.90 Å². The molecule has 0 spiro atoms. The van der Waals surface area contributed by atoms with Crippen LogP contribution in [0.25, 0.3) is 0 Å². The van der Waals surface area contributed by atoms with Crippen molar-refractivity contribution in [3.63, 3.8) is 0 Å². The Morgan fingerprint density at radius 2 is 1.26 bits per heavy atom. The first-order valence-corrected chi connectivity index (χ1v) is 8.63. The van der Waals surface area contributed by atoms with E-state index in [0.29, 0.717) is 12.0 Å². The monoisotopic (exact) mass is 303 g/mol. The lowest BCUT2D eigenvalue weighted by atomic mass is 9.85. The van der Waals surface area contributed by atoms with Crippen molar-refractivity contribution in [3.05, 3.63) is 71.8 Å². The zero-order chi connectivity index (χ0) is 15.9. The summed E-state index contributed by atoms with van der Waals surface area (Å²) in [4.78, 5) is 2.64. The van der Waals surface area contributed by atoms with Gasteiger partial charge >= 0.3 is 0 Å². The highest BCUT2D eigenvalue weighted by Gasteiger charge is 2.25. The molecule has 2 aromatic rings. The molecule has 3 rings (SSSR count). The molecule has 0 saturated heterocycles. The summed E-state index contributed by atoms with van der Waals surface area (Å²) in [6.07, 6.45) is 10.4. The van der Waals surface area contributed by atoms with Crippen molar-refractivity contribution in [1.82, 2.24) is 4.90 Å². The van der Waals surface area contributed by atoms with Gasteiger partial charge in [0.05, 0.1) is 0 Å². The Hall–Kier alpha value is -2.04. The van der Waals surface area contributed by atoms with Gasteiger partial charge in [-0.15, -0.1) is 12.3 Å². The minimum atomic E-state index is 0.488. The molecular formula is C22H25N. The van der Waals surface area contributed by atoms with E-state index in [-0.39, 0.29) is 0 Å². The summed E-state index contributed by atoms with van der Waals surface area (Å²) >= 11 is 0. The average Bonchev–Trinajstić information content (AvgIpc) is 2.63. The van der Waals surface area contributed by atoms with Crippen LogP contribution in [-0.2, 0) is 13.1 Å². The molecule has 0 N–H and O–H groups in total.